The van der Waals surface area contributed by atoms with Crippen molar-refractivity contribution in [3.8, 4) is 0 Å². The van der Waals surface area contributed by atoms with E-state index in [9.17, 15) is 4.79 Å². The second-order valence-corrected chi connectivity index (χ2v) is 5.60. The summed E-state index contributed by atoms with van der Waals surface area (Å²) in [6.07, 6.45) is 3.50. The molecule has 0 radical (unpaired) electrons. The zero-order valence-corrected chi connectivity index (χ0v) is 11.3. The van der Waals surface area contributed by atoms with E-state index < -0.39 is 5.41 Å². The predicted molar refractivity (Wildman–Crippen MR) is 74.3 cm³/mol. The topological polar surface area (TPSA) is 46.3 Å². The third-order valence-corrected chi connectivity index (χ3v) is 3.81. The lowest BCUT2D eigenvalue weighted by Gasteiger charge is -2.34. The molecule has 3 heteroatoms. The third kappa shape index (κ3) is 2.50. The molecule has 2 rings (SSSR count). The molecule has 18 heavy (non-hydrogen) atoms. The molecule has 1 aliphatic rings. The van der Waals surface area contributed by atoms with Crippen LogP contribution < -0.4 is 5.73 Å². The largest absolute Gasteiger partial charge is 0.399 e. The quantitative estimate of drug-likeness (QED) is 0.815. The Hall–Kier alpha value is -1.51. The number of benzene rings is 1. The third-order valence-electron chi connectivity index (χ3n) is 3.81. The minimum atomic E-state index is -0.467. The summed E-state index contributed by atoms with van der Waals surface area (Å²) in [6.45, 7) is 5.79. The first-order valence-corrected chi connectivity index (χ1v) is 6.67. The number of nitrogens with two attached hydrogens (primary N) is 1. The molecule has 1 aliphatic heterocycles. The van der Waals surface area contributed by atoms with Crippen molar-refractivity contribution in [1.82, 2.24) is 4.90 Å². The number of anilines is 1. The van der Waals surface area contributed by atoms with Crippen molar-refractivity contribution >= 4 is 11.6 Å². The fourth-order valence-corrected chi connectivity index (χ4v) is 2.52. The number of amides is 1. The van der Waals surface area contributed by atoms with E-state index in [4.69, 9.17) is 5.73 Å². The molecule has 0 aromatic heterocycles. The highest BCUT2D eigenvalue weighted by atomic mass is 16.2. The average Bonchev–Trinajstić information content (AvgIpc) is 2.39. The van der Waals surface area contributed by atoms with Crippen molar-refractivity contribution in [2.24, 2.45) is 0 Å². The van der Waals surface area contributed by atoms with Crippen LogP contribution in [0.25, 0.3) is 0 Å². The van der Waals surface area contributed by atoms with Crippen LogP contribution in [0.4, 0.5) is 5.69 Å². The van der Waals surface area contributed by atoms with Crippen molar-refractivity contribution in [1.29, 1.82) is 0 Å². The molecule has 2 N–H and O–H groups in total. The van der Waals surface area contributed by atoms with E-state index in [0.717, 1.165) is 37.2 Å². The van der Waals surface area contributed by atoms with Gasteiger partial charge in [0.05, 0.1) is 5.41 Å². The number of rotatable bonds is 2. The Bertz CT molecular complexity index is 417. The highest BCUT2D eigenvalue weighted by molar-refractivity contribution is 5.87. The lowest BCUT2D eigenvalue weighted by molar-refractivity contribution is -0.137. The summed E-state index contributed by atoms with van der Waals surface area (Å²) in [5.41, 5.74) is 7.00. The van der Waals surface area contributed by atoms with Gasteiger partial charge in [0.1, 0.15) is 0 Å². The number of hydrogen-bond donors (Lipinski definition) is 1. The van der Waals surface area contributed by atoms with E-state index in [0.29, 0.717) is 0 Å². The maximum absolute atomic E-state index is 12.6. The van der Waals surface area contributed by atoms with Crippen molar-refractivity contribution in [2.75, 3.05) is 18.8 Å². The normalized spacial score (nSPS) is 16.7. The molecule has 1 saturated heterocycles. The van der Waals surface area contributed by atoms with E-state index >= 15 is 0 Å². The molecule has 0 atom stereocenters. The van der Waals surface area contributed by atoms with Crippen molar-refractivity contribution in [3.63, 3.8) is 0 Å². The number of carbonyl (C=O) groups excluding carboxylic acids is 1. The van der Waals surface area contributed by atoms with Gasteiger partial charge in [0.2, 0.25) is 5.91 Å². The zero-order valence-electron chi connectivity index (χ0n) is 11.3. The van der Waals surface area contributed by atoms with Crippen LogP contribution in [0.1, 0.15) is 38.7 Å². The molecule has 1 heterocycles. The summed E-state index contributed by atoms with van der Waals surface area (Å²) in [5.74, 6) is 0.229. The monoisotopic (exact) mass is 246 g/mol. The van der Waals surface area contributed by atoms with Gasteiger partial charge in [-0.15, -0.1) is 0 Å². The Kier molecular flexibility index (Phi) is 3.60. The standard InChI is InChI=1S/C15H22N2O/c1-15(2,12-6-8-13(16)9-7-12)14(18)17-10-4-3-5-11-17/h6-9H,3-5,10-11,16H2,1-2H3. The van der Waals surface area contributed by atoms with E-state index in [1.807, 2.05) is 43.0 Å². The summed E-state index contributed by atoms with van der Waals surface area (Å²) in [4.78, 5) is 14.6. The number of nitrogen functional groups attached to an aromatic ring is 1. The van der Waals surface area contributed by atoms with Crippen LogP contribution in [0.2, 0.25) is 0 Å². The van der Waals surface area contributed by atoms with Gasteiger partial charge in [-0.1, -0.05) is 12.1 Å². The Balaban J connectivity index is 2.18. The molecule has 0 unspecified atom stereocenters. The maximum Gasteiger partial charge on any atom is 0.232 e. The molecular weight excluding hydrogens is 224 g/mol. The van der Waals surface area contributed by atoms with Gasteiger partial charge < -0.3 is 10.6 Å². The van der Waals surface area contributed by atoms with Gasteiger partial charge >= 0.3 is 0 Å². The van der Waals surface area contributed by atoms with Crippen LogP contribution in [0.3, 0.4) is 0 Å². The fraction of sp³-hybridized carbons (Fsp3) is 0.533. The van der Waals surface area contributed by atoms with Crippen LogP contribution >= 0.6 is 0 Å². The minimum Gasteiger partial charge on any atom is -0.399 e. The Morgan fingerprint density at radius 1 is 1.11 bits per heavy atom. The SMILES string of the molecule is CC(C)(C(=O)N1CCCCC1)c1ccc(N)cc1. The summed E-state index contributed by atoms with van der Waals surface area (Å²) < 4.78 is 0. The first kappa shape index (κ1) is 12.9. The Labute approximate surface area is 109 Å². The van der Waals surface area contributed by atoms with Crippen molar-refractivity contribution in [2.45, 2.75) is 38.5 Å². The molecule has 98 valence electrons. The summed E-state index contributed by atoms with van der Waals surface area (Å²) in [6, 6.07) is 7.63. The molecule has 1 fully saturated rings. The van der Waals surface area contributed by atoms with Crippen LogP contribution in [-0.4, -0.2) is 23.9 Å². The van der Waals surface area contributed by atoms with Gasteiger partial charge in [0, 0.05) is 18.8 Å². The molecule has 0 spiro atoms. The van der Waals surface area contributed by atoms with E-state index in [-0.39, 0.29) is 5.91 Å². The molecule has 0 saturated carbocycles. The second-order valence-electron chi connectivity index (χ2n) is 5.60. The highest BCUT2D eigenvalue weighted by Crippen LogP contribution is 2.27. The molecular formula is C15H22N2O. The summed E-state index contributed by atoms with van der Waals surface area (Å²) >= 11 is 0. The zero-order chi connectivity index (χ0) is 13.2. The van der Waals surface area contributed by atoms with Crippen LogP contribution in [0.5, 0.6) is 0 Å². The number of piperidine rings is 1. The lowest BCUT2D eigenvalue weighted by atomic mass is 9.82. The average molecular weight is 246 g/mol. The number of nitrogens with zero attached hydrogens (tertiary/aromatic N) is 1. The van der Waals surface area contributed by atoms with Gasteiger partial charge in [-0.25, -0.2) is 0 Å². The van der Waals surface area contributed by atoms with Crippen LogP contribution in [0.15, 0.2) is 24.3 Å². The Morgan fingerprint density at radius 3 is 2.22 bits per heavy atom. The molecule has 1 aromatic carbocycles. The van der Waals surface area contributed by atoms with E-state index in [2.05, 4.69) is 0 Å². The number of likely N-dealkylation sites (tertiary alicyclic amines) is 1. The van der Waals surface area contributed by atoms with Crippen LogP contribution in [-0.2, 0) is 10.2 Å². The predicted octanol–water partition coefficient (Wildman–Crippen LogP) is 2.56. The highest BCUT2D eigenvalue weighted by Gasteiger charge is 2.34. The molecule has 3 nitrogen and oxygen atoms in total. The van der Waals surface area contributed by atoms with Crippen LogP contribution in [0, 0.1) is 0 Å². The van der Waals surface area contributed by atoms with Gasteiger partial charge in [-0.3, -0.25) is 4.79 Å². The van der Waals surface area contributed by atoms with Crippen molar-refractivity contribution in [3.05, 3.63) is 29.8 Å². The summed E-state index contributed by atoms with van der Waals surface area (Å²) in [5, 5.41) is 0. The van der Waals surface area contributed by atoms with Gasteiger partial charge in [0.15, 0.2) is 0 Å². The maximum atomic E-state index is 12.6. The lowest BCUT2D eigenvalue weighted by Crippen LogP contribution is -2.45. The number of carbonyl (C=O) groups is 1. The first-order chi connectivity index (χ1) is 8.51. The molecule has 1 amide bonds. The van der Waals surface area contributed by atoms with Crippen molar-refractivity contribution < 1.29 is 4.79 Å². The Morgan fingerprint density at radius 2 is 1.67 bits per heavy atom. The minimum absolute atomic E-state index is 0.229. The van der Waals surface area contributed by atoms with E-state index in [1.54, 1.807) is 0 Å². The second kappa shape index (κ2) is 5.01. The van der Waals surface area contributed by atoms with E-state index in [1.165, 1.54) is 6.42 Å². The molecule has 1 aromatic rings. The van der Waals surface area contributed by atoms with Gasteiger partial charge in [-0.05, 0) is 50.8 Å². The van der Waals surface area contributed by atoms with Gasteiger partial charge in [-0.2, -0.15) is 0 Å². The smallest absolute Gasteiger partial charge is 0.232 e. The number of hydrogen-bond acceptors (Lipinski definition) is 2. The summed E-state index contributed by atoms with van der Waals surface area (Å²) in [7, 11) is 0. The van der Waals surface area contributed by atoms with Gasteiger partial charge in [0.25, 0.3) is 0 Å². The fourth-order valence-electron chi connectivity index (χ4n) is 2.52. The molecule has 0 bridgehead atoms. The molecule has 0 aliphatic carbocycles. The first-order valence-electron chi connectivity index (χ1n) is 6.67.